The van der Waals surface area contributed by atoms with Crippen molar-refractivity contribution in [2.24, 2.45) is 5.73 Å². The maximum Gasteiger partial charge on any atom is 0.146 e. The molecule has 0 saturated heterocycles. The first-order chi connectivity index (χ1) is 8.08. The summed E-state index contributed by atoms with van der Waals surface area (Å²) in [5.41, 5.74) is 7.37. The predicted octanol–water partition coefficient (Wildman–Crippen LogP) is 3.35. The van der Waals surface area contributed by atoms with Gasteiger partial charge in [-0.3, -0.25) is 0 Å². The van der Waals surface area contributed by atoms with Crippen LogP contribution in [-0.2, 0) is 6.54 Å². The van der Waals surface area contributed by atoms with Crippen molar-refractivity contribution in [1.82, 2.24) is 4.57 Å². The van der Waals surface area contributed by atoms with E-state index in [1.807, 2.05) is 30.0 Å². The van der Waals surface area contributed by atoms with Crippen LogP contribution in [-0.4, -0.2) is 4.57 Å². The molecule has 4 heteroatoms. The summed E-state index contributed by atoms with van der Waals surface area (Å²) in [4.78, 5) is 0. The molecule has 1 heterocycles. The van der Waals surface area contributed by atoms with Crippen molar-refractivity contribution in [3.05, 3.63) is 58.6 Å². The van der Waals surface area contributed by atoms with Gasteiger partial charge in [-0.2, -0.15) is 0 Å². The summed E-state index contributed by atoms with van der Waals surface area (Å²) >= 11 is 5.73. The van der Waals surface area contributed by atoms with Crippen molar-refractivity contribution in [1.29, 1.82) is 0 Å². The van der Waals surface area contributed by atoms with Gasteiger partial charge in [0.05, 0.1) is 5.02 Å². The molecule has 2 rings (SSSR count). The van der Waals surface area contributed by atoms with Gasteiger partial charge >= 0.3 is 0 Å². The monoisotopic (exact) mass is 252 g/mol. The van der Waals surface area contributed by atoms with E-state index in [1.54, 1.807) is 18.2 Å². The topological polar surface area (TPSA) is 30.9 Å². The molecular formula is C13H14ClFN2. The van der Waals surface area contributed by atoms with Gasteiger partial charge in [0, 0.05) is 30.5 Å². The standard InChI is InChI=1S/C13H14ClFN2/c1-9(16)10-5-6-17(7-10)8-11-3-2-4-12(14)13(11)15/h2-7,9H,8,16H2,1H3. The Hall–Kier alpha value is -1.32. The highest BCUT2D eigenvalue weighted by molar-refractivity contribution is 6.30. The molecule has 1 aromatic heterocycles. The highest BCUT2D eigenvalue weighted by Gasteiger charge is 2.07. The summed E-state index contributed by atoms with van der Waals surface area (Å²) in [5.74, 6) is -0.356. The predicted molar refractivity (Wildman–Crippen MR) is 67.5 cm³/mol. The van der Waals surface area contributed by atoms with Gasteiger partial charge in [-0.1, -0.05) is 23.7 Å². The second-order valence-corrected chi connectivity index (χ2v) is 4.53. The Morgan fingerprint density at radius 3 is 2.82 bits per heavy atom. The van der Waals surface area contributed by atoms with E-state index >= 15 is 0 Å². The van der Waals surface area contributed by atoms with E-state index in [2.05, 4.69) is 0 Å². The number of hydrogen-bond donors (Lipinski definition) is 1. The van der Waals surface area contributed by atoms with Crippen LogP contribution in [0, 0.1) is 5.82 Å². The lowest BCUT2D eigenvalue weighted by Crippen LogP contribution is -2.04. The Kier molecular flexibility index (Phi) is 3.50. The Morgan fingerprint density at radius 2 is 2.18 bits per heavy atom. The molecule has 1 unspecified atom stereocenters. The summed E-state index contributed by atoms with van der Waals surface area (Å²) in [6, 6.07) is 6.94. The van der Waals surface area contributed by atoms with Gasteiger partial charge in [-0.05, 0) is 24.6 Å². The molecule has 17 heavy (non-hydrogen) atoms. The lowest BCUT2D eigenvalue weighted by molar-refractivity contribution is 0.600. The molecule has 2 aromatic rings. The molecule has 0 aliphatic heterocycles. The molecule has 0 amide bonds. The van der Waals surface area contributed by atoms with Gasteiger partial charge in [0.2, 0.25) is 0 Å². The van der Waals surface area contributed by atoms with Crippen LogP contribution in [0.1, 0.15) is 24.1 Å². The molecule has 2 nitrogen and oxygen atoms in total. The van der Waals surface area contributed by atoms with Crippen LogP contribution in [0.4, 0.5) is 4.39 Å². The first kappa shape index (κ1) is 12.1. The second-order valence-electron chi connectivity index (χ2n) is 4.12. The molecule has 1 atom stereocenters. The van der Waals surface area contributed by atoms with E-state index in [9.17, 15) is 4.39 Å². The Bertz CT molecular complexity index is 520. The number of halogens is 2. The molecular weight excluding hydrogens is 239 g/mol. The number of rotatable bonds is 3. The van der Waals surface area contributed by atoms with Gasteiger partial charge in [-0.15, -0.1) is 0 Å². The van der Waals surface area contributed by atoms with Crippen LogP contribution < -0.4 is 5.73 Å². The zero-order valence-electron chi connectivity index (χ0n) is 9.53. The number of hydrogen-bond acceptors (Lipinski definition) is 1. The van der Waals surface area contributed by atoms with Crippen molar-refractivity contribution in [2.45, 2.75) is 19.5 Å². The second kappa shape index (κ2) is 4.90. The molecule has 0 radical (unpaired) electrons. The third-order valence-electron chi connectivity index (χ3n) is 2.68. The zero-order valence-corrected chi connectivity index (χ0v) is 10.3. The molecule has 0 aliphatic carbocycles. The SMILES string of the molecule is CC(N)c1ccn(Cc2cccc(Cl)c2F)c1. The molecule has 0 fully saturated rings. The van der Waals surface area contributed by atoms with Gasteiger partial charge in [0.25, 0.3) is 0 Å². The minimum absolute atomic E-state index is 0.0135. The number of nitrogens with zero attached hydrogens (tertiary/aromatic N) is 1. The minimum atomic E-state index is -0.356. The smallest absolute Gasteiger partial charge is 0.146 e. The van der Waals surface area contributed by atoms with Crippen LogP contribution in [0.3, 0.4) is 0 Å². The highest BCUT2D eigenvalue weighted by atomic mass is 35.5. The highest BCUT2D eigenvalue weighted by Crippen LogP contribution is 2.19. The van der Waals surface area contributed by atoms with E-state index in [0.29, 0.717) is 12.1 Å². The van der Waals surface area contributed by atoms with Gasteiger partial charge in [0.15, 0.2) is 0 Å². The first-order valence-corrected chi connectivity index (χ1v) is 5.80. The molecule has 90 valence electrons. The summed E-state index contributed by atoms with van der Waals surface area (Å²) < 4.78 is 15.6. The zero-order chi connectivity index (χ0) is 12.4. The lowest BCUT2D eigenvalue weighted by Gasteiger charge is -2.06. The van der Waals surface area contributed by atoms with Gasteiger partial charge < -0.3 is 10.3 Å². The first-order valence-electron chi connectivity index (χ1n) is 5.42. The largest absolute Gasteiger partial charge is 0.349 e. The Balaban J connectivity index is 2.22. The van der Waals surface area contributed by atoms with Gasteiger partial charge in [0.1, 0.15) is 5.82 Å². The summed E-state index contributed by atoms with van der Waals surface area (Å²) in [6.07, 6.45) is 3.81. The number of aromatic nitrogens is 1. The van der Waals surface area contributed by atoms with E-state index in [1.165, 1.54) is 0 Å². The summed E-state index contributed by atoms with van der Waals surface area (Å²) in [5, 5.41) is 0.155. The van der Waals surface area contributed by atoms with Crippen LogP contribution in [0.2, 0.25) is 5.02 Å². The van der Waals surface area contributed by atoms with Crippen molar-refractivity contribution >= 4 is 11.6 Å². The van der Waals surface area contributed by atoms with Crippen LogP contribution in [0.25, 0.3) is 0 Å². The average Bonchev–Trinajstić information content (AvgIpc) is 2.73. The van der Waals surface area contributed by atoms with Crippen molar-refractivity contribution in [3.8, 4) is 0 Å². The number of benzene rings is 1. The fraction of sp³-hybridized carbons (Fsp3) is 0.231. The average molecular weight is 253 g/mol. The van der Waals surface area contributed by atoms with Crippen LogP contribution in [0.15, 0.2) is 36.7 Å². The third kappa shape index (κ3) is 2.68. The molecule has 0 aliphatic rings. The fourth-order valence-electron chi connectivity index (χ4n) is 1.69. The lowest BCUT2D eigenvalue weighted by atomic mass is 10.2. The van der Waals surface area contributed by atoms with Crippen molar-refractivity contribution in [3.63, 3.8) is 0 Å². The minimum Gasteiger partial charge on any atom is -0.349 e. The fourth-order valence-corrected chi connectivity index (χ4v) is 1.89. The van der Waals surface area contributed by atoms with E-state index in [4.69, 9.17) is 17.3 Å². The summed E-state index contributed by atoms with van der Waals surface area (Å²) in [7, 11) is 0. The quantitative estimate of drug-likeness (QED) is 0.892. The Labute approximate surface area is 105 Å². The van der Waals surface area contributed by atoms with Gasteiger partial charge in [-0.25, -0.2) is 4.39 Å². The van der Waals surface area contributed by atoms with E-state index in [-0.39, 0.29) is 16.9 Å². The molecule has 1 aromatic carbocycles. The number of nitrogens with two attached hydrogens (primary N) is 1. The molecule has 0 saturated carbocycles. The van der Waals surface area contributed by atoms with Crippen molar-refractivity contribution < 1.29 is 4.39 Å². The van der Waals surface area contributed by atoms with Crippen LogP contribution >= 0.6 is 11.6 Å². The summed E-state index contributed by atoms with van der Waals surface area (Å²) in [6.45, 7) is 2.37. The normalized spacial score (nSPS) is 12.7. The maximum atomic E-state index is 13.7. The molecule has 0 bridgehead atoms. The van der Waals surface area contributed by atoms with Crippen molar-refractivity contribution in [2.75, 3.05) is 0 Å². The van der Waals surface area contributed by atoms with E-state index < -0.39 is 0 Å². The van der Waals surface area contributed by atoms with E-state index in [0.717, 1.165) is 5.56 Å². The third-order valence-corrected chi connectivity index (χ3v) is 2.98. The Morgan fingerprint density at radius 1 is 1.41 bits per heavy atom. The molecule has 0 spiro atoms. The maximum absolute atomic E-state index is 13.7. The van der Waals surface area contributed by atoms with Crippen LogP contribution in [0.5, 0.6) is 0 Å². The molecule has 2 N–H and O–H groups in total.